The number of aromatic nitrogens is 4. The number of carboxylic acid groups (broad SMARTS) is 1. The van der Waals surface area contributed by atoms with Gasteiger partial charge in [0.05, 0.1) is 36.2 Å². The molecule has 0 unspecified atom stereocenters. The summed E-state index contributed by atoms with van der Waals surface area (Å²) in [6.45, 7) is 1.30. The molecule has 0 saturated heterocycles. The number of hydrogen-bond acceptors (Lipinski definition) is 7. The lowest BCUT2D eigenvalue weighted by Gasteiger charge is -2.24. The first-order valence-corrected chi connectivity index (χ1v) is 8.50. The first kappa shape index (κ1) is 21.1. The lowest BCUT2D eigenvalue weighted by Crippen LogP contribution is -2.58. The third-order valence-electron chi connectivity index (χ3n) is 3.97. The van der Waals surface area contributed by atoms with E-state index in [0.717, 1.165) is 0 Å². The molecule has 0 aliphatic carbocycles. The number of aliphatic hydroxyl groups excluding tert-OH is 1. The Kier molecular flexibility index (Phi) is 7.23. The van der Waals surface area contributed by atoms with Crippen LogP contribution in [0.3, 0.4) is 0 Å². The largest absolute Gasteiger partial charge is 0.480 e. The van der Waals surface area contributed by atoms with Crippen molar-refractivity contribution in [1.82, 2.24) is 30.6 Å². The maximum Gasteiger partial charge on any atom is 0.326 e. The standard InChI is InChI=1S/C16H23N7O5/c1-8(24)13(23-14(25)11(17)2-9-4-18-6-20-9)15(26)22-12(16(27)28)3-10-5-19-7-21-10/h4-8,11-13,24H,2-3,17H2,1H3,(H,18,20)(H,19,21)(H,22,26)(H,23,25)(H,27,28)/t8-,11+,12+,13+/m1/s1. The van der Waals surface area contributed by atoms with Gasteiger partial charge in [-0.25, -0.2) is 14.8 Å². The summed E-state index contributed by atoms with van der Waals surface area (Å²) in [4.78, 5) is 49.5. The first-order valence-electron chi connectivity index (χ1n) is 8.50. The van der Waals surface area contributed by atoms with Crippen LogP contribution in [-0.2, 0) is 27.2 Å². The van der Waals surface area contributed by atoms with Gasteiger partial charge in [0.2, 0.25) is 11.8 Å². The number of carboxylic acids is 1. The van der Waals surface area contributed by atoms with Crippen molar-refractivity contribution in [3.8, 4) is 0 Å². The van der Waals surface area contributed by atoms with Gasteiger partial charge in [-0.3, -0.25) is 9.59 Å². The smallest absolute Gasteiger partial charge is 0.326 e. The van der Waals surface area contributed by atoms with Crippen molar-refractivity contribution in [3.63, 3.8) is 0 Å². The van der Waals surface area contributed by atoms with Crippen LogP contribution in [0.5, 0.6) is 0 Å². The van der Waals surface area contributed by atoms with Crippen molar-refractivity contribution in [3.05, 3.63) is 36.4 Å². The van der Waals surface area contributed by atoms with Crippen molar-refractivity contribution in [1.29, 1.82) is 0 Å². The summed E-state index contributed by atoms with van der Waals surface area (Å²) in [5, 5.41) is 23.9. The number of rotatable bonds is 10. The summed E-state index contributed by atoms with van der Waals surface area (Å²) in [6.07, 6.45) is 4.70. The number of aliphatic carboxylic acids is 1. The van der Waals surface area contributed by atoms with E-state index in [1.807, 2.05) is 0 Å². The van der Waals surface area contributed by atoms with E-state index in [9.17, 15) is 24.6 Å². The highest BCUT2D eigenvalue weighted by atomic mass is 16.4. The SMILES string of the molecule is C[C@@H](O)[C@H](NC(=O)[C@@H](N)Cc1c[nH]cn1)C(=O)N[C@@H](Cc1c[nH]cn1)C(=O)O. The number of imidazole rings is 2. The Bertz CT molecular complexity index is 775. The number of hydrogen-bond donors (Lipinski definition) is 7. The molecular weight excluding hydrogens is 370 g/mol. The van der Waals surface area contributed by atoms with Crippen molar-refractivity contribution < 1.29 is 24.6 Å². The molecule has 0 saturated carbocycles. The highest BCUT2D eigenvalue weighted by molar-refractivity contribution is 5.92. The summed E-state index contributed by atoms with van der Waals surface area (Å²) in [5.41, 5.74) is 6.81. The van der Waals surface area contributed by atoms with Crippen LogP contribution in [0.1, 0.15) is 18.3 Å². The number of amides is 2. The fourth-order valence-corrected chi connectivity index (χ4v) is 2.46. The minimum atomic E-state index is -1.38. The Morgan fingerprint density at radius 3 is 2.11 bits per heavy atom. The van der Waals surface area contributed by atoms with Crippen LogP contribution in [0.4, 0.5) is 0 Å². The number of carbonyl (C=O) groups excluding carboxylic acids is 2. The maximum absolute atomic E-state index is 12.5. The van der Waals surface area contributed by atoms with Crippen LogP contribution in [0, 0.1) is 0 Å². The van der Waals surface area contributed by atoms with Gasteiger partial charge in [0, 0.05) is 25.2 Å². The molecule has 0 aliphatic rings. The number of H-pyrrole nitrogens is 2. The summed E-state index contributed by atoms with van der Waals surface area (Å²) in [6, 6.07) is -3.66. The molecule has 0 aliphatic heterocycles. The second-order valence-corrected chi connectivity index (χ2v) is 6.26. The number of nitrogens with one attached hydrogen (secondary N) is 4. The Balaban J connectivity index is 1.99. The second kappa shape index (κ2) is 9.62. The minimum absolute atomic E-state index is 0.0658. The number of nitrogens with two attached hydrogens (primary N) is 1. The minimum Gasteiger partial charge on any atom is -0.480 e. The molecule has 2 aromatic rings. The third kappa shape index (κ3) is 5.89. The number of nitrogens with zero attached hydrogens (tertiary/aromatic N) is 2. The lowest BCUT2D eigenvalue weighted by atomic mass is 10.1. The molecule has 152 valence electrons. The van der Waals surface area contributed by atoms with E-state index in [-0.39, 0.29) is 12.8 Å². The van der Waals surface area contributed by atoms with E-state index in [0.29, 0.717) is 11.4 Å². The zero-order valence-electron chi connectivity index (χ0n) is 15.1. The van der Waals surface area contributed by atoms with Gasteiger partial charge < -0.3 is 36.5 Å². The molecule has 2 aromatic heterocycles. The van der Waals surface area contributed by atoms with Crippen molar-refractivity contribution in [2.75, 3.05) is 0 Å². The number of aromatic amines is 2. The lowest BCUT2D eigenvalue weighted by molar-refractivity contribution is -0.142. The summed E-state index contributed by atoms with van der Waals surface area (Å²) in [7, 11) is 0. The fraction of sp³-hybridized carbons (Fsp3) is 0.438. The highest BCUT2D eigenvalue weighted by Gasteiger charge is 2.31. The molecule has 0 spiro atoms. The summed E-state index contributed by atoms with van der Waals surface area (Å²) >= 11 is 0. The zero-order chi connectivity index (χ0) is 20.7. The molecular formula is C16H23N7O5. The topological polar surface area (TPSA) is 199 Å². The molecule has 2 amide bonds. The summed E-state index contributed by atoms with van der Waals surface area (Å²) in [5.74, 6) is -2.80. The van der Waals surface area contributed by atoms with Gasteiger partial charge in [-0.1, -0.05) is 0 Å². The molecule has 0 fully saturated rings. The molecule has 0 radical (unpaired) electrons. The van der Waals surface area contributed by atoms with E-state index in [1.165, 1.54) is 25.8 Å². The van der Waals surface area contributed by atoms with Gasteiger partial charge >= 0.3 is 5.97 Å². The molecule has 8 N–H and O–H groups in total. The average molecular weight is 393 g/mol. The Morgan fingerprint density at radius 2 is 1.64 bits per heavy atom. The first-order chi connectivity index (χ1) is 13.3. The van der Waals surface area contributed by atoms with E-state index in [4.69, 9.17) is 5.73 Å². The van der Waals surface area contributed by atoms with Crippen LogP contribution in [0.25, 0.3) is 0 Å². The number of carbonyl (C=O) groups is 3. The quantitative estimate of drug-likeness (QED) is 0.233. The van der Waals surface area contributed by atoms with E-state index < -0.39 is 42.0 Å². The third-order valence-corrected chi connectivity index (χ3v) is 3.97. The summed E-state index contributed by atoms with van der Waals surface area (Å²) < 4.78 is 0. The van der Waals surface area contributed by atoms with Gasteiger partial charge in [0.15, 0.2) is 0 Å². The van der Waals surface area contributed by atoms with Crippen molar-refractivity contribution in [2.45, 2.75) is 44.0 Å². The molecule has 28 heavy (non-hydrogen) atoms. The zero-order valence-corrected chi connectivity index (χ0v) is 15.1. The fourth-order valence-electron chi connectivity index (χ4n) is 2.46. The van der Waals surface area contributed by atoms with Crippen molar-refractivity contribution in [2.24, 2.45) is 5.73 Å². The van der Waals surface area contributed by atoms with Crippen LogP contribution < -0.4 is 16.4 Å². The molecule has 0 aromatic carbocycles. The highest BCUT2D eigenvalue weighted by Crippen LogP contribution is 2.03. The Labute approximate surface area is 160 Å². The van der Waals surface area contributed by atoms with Gasteiger partial charge in [0.1, 0.15) is 12.1 Å². The predicted octanol–water partition coefficient (Wildman–Crippen LogP) is -2.32. The van der Waals surface area contributed by atoms with Crippen LogP contribution >= 0.6 is 0 Å². The van der Waals surface area contributed by atoms with Gasteiger partial charge in [-0.15, -0.1) is 0 Å². The van der Waals surface area contributed by atoms with Crippen LogP contribution in [0.15, 0.2) is 25.0 Å². The molecule has 12 nitrogen and oxygen atoms in total. The maximum atomic E-state index is 12.5. The molecule has 2 heterocycles. The Morgan fingerprint density at radius 1 is 1.07 bits per heavy atom. The van der Waals surface area contributed by atoms with Crippen LogP contribution in [0.2, 0.25) is 0 Å². The van der Waals surface area contributed by atoms with E-state index in [2.05, 4.69) is 30.6 Å². The van der Waals surface area contributed by atoms with E-state index in [1.54, 1.807) is 6.20 Å². The second-order valence-electron chi connectivity index (χ2n) is 6.26. The number of aliphatic hydroxyl groups is 1. The normalized spacial score (nSPS) is 15.2. The van der Waals surface area contributed by atoms with Gasteiger partial charge in [-0.05, 0) is 6.92 Å². The predicted molar refractivity (Wildman–Crippen MR) is 95.7 cm³/mol. The van der Waals surface area contributed by atoms with Crippen molar-refractivity contribution >= 4 is 17.8 Å². The van der Waals surface area contributed by atoms with E-state index >= 15 is 0 Å². The van der Waals surface area contributed by atoms with Gasteiger partial charge in [0.25, 0.3) is 0 Å². The molecule has 4 atom stereocenters. The molecule has 2 rings (SSSR count). The average Bonchev–Trinajstić information content (AvgIpc) is 3.32. The molecule has 12 heteroatoms. The van der Waals surface area contributed by atoms with Crippen LogP contribution in [-0.4, -0.2) is 72.2 Å². The van der Waals surface area contributed by atoms with Gasteiger partial charge in [-0.2, -0.15) is 0 Å². The monoisotopic (exact) mass is 393 g/mol. The molecule has 0 bridgehead atoms. The Hall–Kier alpha value is -3.25.